The fourth-order valence-corrected chi connectivity index (χ4v) is 4.50. The molecule has 0 amide bonds. The Kier molecular flexibility index (Phi) is 10.6. The van der Waals surface area contributed by atoms with Crippen LogP contribution in [0.15, 0.2) is 53.4 Å². The number of hydrogen-bond donors (Lipinski definition) is 3. The highest BCUT2D eigenvalue weighted by atomic mass is 32.2. The number of ether oxygens (including phenoxy) is 2. The van der Waals surface area contributed by atoms with E-state index >= 15 is 0 Å². The highest BCUT2D eigenvalue weighted by Crippen LogP contribution is 2.16. The number of rotatable bonds is 12. The molecular weight excluding hydrogens is 462 g/mol. The van der Waals surface area contributed by atoms with Crippen LogP contribution in [0.5, 0.6) is 5.75 Å². The van der Waals surface area contributed by atoms with Gasteiger partial charge in [-0.3, -0.25) is 4.79 Å². The van der Waals surface area contributed by atoms with E-state index in [-0.39, 0.29) is 4.90 Å². The number of carbonyl (C=O) groups is 1. The molecule has 0 heterocycles. The molecule has 33 heavy (non-hydrogen) atoms. The highest BCUT2D eigenvalue weighted by molar-refractivity contribution is 7.89. The Labute approximate surface area is 201 Å². The van der Waals surface area contributed by atoms with Gasteiger partial charge in [0.25, 0.3) is 0 Å². The monoisotopic (exact) mass is 493 g/mol. The molecule has 0 bridgehead atoms. The Balaban J connectivity index is 1.78. The van der Waals surface area contributed by atoms with E-state index in [1.165, 1.54) is 19.2 Å². The summed E-state index contributed by atoms with van der Waals surface area (Å²) in [4.78, 5) is 12.2. The van der Waals surface area contributed by atoms with Crippen LogP contribution >= 0.6 is 12.2 Å². The Bertz CT molecular complexity index is 1030. The summed E-state index contributed by atoms with van der Waals surface area (Å²) < 4.78 is 37.8. The van der Waals surface area contributed by atoms with Crippen molar-refractivity contribution in [1.29, 1.82) is 0 Å². The molecule has 0 aliphatic carbocycles. The van der Waals surface area contributed by atoms with Crippen LogP contribution in [0.25, 0.3) is 0 Å². The Morgan fingerprint density at radius 1 is 1.03 bits per heavy atom. The van der Waals surface area contributed by atoms with Crippen LogP contribution in [-0.4, -0.2) is 46.3 Å². The molecule has 10 heteroatoms. The van der Waals surface area contributed by atoms with E-state index in [9.17, 15) is 13.2 Å². The maximum Gasteiger partial charge on any atom is 0.323 e. The van der Waals surface area contributed by atoms with E-state index in [2.05, 4.69) is 15.4 Å². The third-order valence-corrected chi connectivity index (χ3v) is 6.73. The van der Waals surface area contributed by atoms with Crippen molar-refractivity contribution in [2.24, 2.45) is 0 Å². The van der Waals surface area contributed by atoms with Crippen molar-refractivity contribution >= 4 is 33.3 Å². The molecule has 0 spiro atoms. The molecule has 1 unspecified atom stereocenters. The van der Waals surface area contributed by atoms with Crippen LogP contribution < -0.4 is 20.1 Å². The maximum absolute atomic E-state index is 12.6. The summed E-state index contributed by atoms with van der Waals surface area (Å²) in [5.74, 6) is 0.169. The molecule has 8 nitrogen and oxygen atoms in total. The zero-order valence-electron chi connectivity index (χ0n) is 19.1. The van der Waals surface area contributed by atoms with Crippen molar-refractivity contribution in [3.05, 3.63) is 59.7 Å². The van der Waals surface area contributed by atoms with E-state index in [4.69, 9.17) is 21.7 Å². The lowest BCUT2D eigenvalue weighted by molar-refractivity contribution is -0.142. The summed E-state index contributed by atoms with van der Waals surface area (Å²) >= 11 is 5.30. The van der Waals surface area contributed by atoms with E-state index in [0.29, 0.717) is 37.5 Å². The van der Waals surface area contributed by atoms with Gasteiger partial charge in [-0.1, -0.05) is 35.9 Å². The van der Waals surface area contributed by atoms with E-state index in [0.717, 1.165) is 16.9 Å². The van der Waals surface area contributed by atoms with Gasteiger partial charge in [0.15, 0.2) is 5.11 Å². The smallest absolute Gasteiger partial charge is 0.323 e. The van der Waals surface area contributed by atoms with Crippen LogP contribution in [0.4, 0.5) is 0 Å². The number of nitrogens with one attached hydrogen (secondary N) is 3. The molecule has 0 aromatic heterocycles. The van der Waals surface area contributed by atoms with Crippen molar-refractivity contribution in [3.8, 4) is 5.75 Å². The Morgan fingerprint density at radius 2 is 1.73 bits per heavy atom. The van der Waals surface area contributed by atoms with Gasteiger partial charge >= 0.3 is 5.97 Å². The molecule has 0 saturated heterocycles. The Hall–Kier alpha value is -2.69. The number of unbranched alkanes of at least 4 members (excludes halogenated alkanes) is 1. The van der Waals surface area contributed by atoms with Crippen LogP contribution in [-0.2, 0) is 26.1 Å². The van der Waals surface area contributed by atoms with Crippen molar-refractivity contribution in [2.45, 2.75) is 43.7 Å². The molecule has 0 saturated carbocycles. The van der Waals surface area contributed by atoms with Crippen LogP contribution in [0.1, 0.15) is 30.4 Å². The third kappa shape index (κ3) is 8.64. The van der Waals surface area contributed by atoms with Crippen LogP contribution in [0.3, 0.4) is 0 Å². The number of aryl methyl sites for hydroxylation is 1. The standard InChI is InChI=1S/C23H31N3O5S2/c1-17-11-13-19(14-12-17)33(28,29)26-20(22(27)31-3)9-6-7-15-24-23(32)25-16-18-8-4-5-10-21(18)30-2/h4-5,8,10-14,20,26H,6-7,9,15-16H2,1-3H3,(H2,24,25,32). The molecule has 2 rings (SSSR count). The third-order valence-electron chi connectivity index (χ3n) is 4.95. The first-order valence-electron chi connectivity index (χ1n) is 10.6. The predicted octanol–water partition coefficient (Wildman–Crippen LogP) is 2.66. The zero-order chi connectivity index (χ0) is 24.3. The lowest BCUT2D eigenvalue weighted by atomic mass is 10.1. The van der Waals surface area contributed by atoms with Crippen LogP contribution in [0, 0.1) is 6.92 Å². The van der Waals surface area contributed by atoms with E-state index < -0.39 is 22.0 Å². The van der Waals surface area contributed by atoms with Gasteiger partial charge in [-0.25, -0.2) is 8.42 Å². The largest absolute Gasteiger partial charge is 0.496 e. The van der Waals surface area contributed by atoms with Gasteiger partial charge in [0.2, 0.25) is 10.0 Å². The summed E-state index contributed by atoms with van der Waals surface area (Å²) in [6.45, 7) is 2.98. The average Bonchev–Trinajstić information content (AvgIpc) is 2.81. The number of methoxy groups -OCH3 is 2. The first kappa shape index (κ1) is 26.6. The second-order valence-corrected chi connectivity index (χ2v) is 9.55. The number of hydrogen-bond acceptors (Lipinski definition) is 6. The lowest BCUT2D eigenvalue weighted by Crippen LogP contribution is -2.41. The molecule has 2 aromatic rings. The molecule has 0 aliphatic rings. The lowest BCUT2D eigenvalue weighted by Gasteiger charge is -2.17. The van der Waals surface area contributed by atoms with E-state index in [1.54, 1.807) is 19.2 Å². The number of sulfonamides is 1. The molecule has 2 aromatic carbocycles. The van der Waals surface area contributed by atoms with Gasteiger partial charge < -0.3 is 20.1 Å². The second-order valence-electron chi connectivity index (χ2n) is 7.43. The van der Waals surface area contributed by atoms with Gasteiger partial charge in [-0.2, -0.15) is 4.72 Å². The minimum Gasteiger partial charge on any atom is -0.496 e. The topological polar surface area (TPSA) is 106 Å². The highest BCUT2D eigenvalue weighted by Gasteiger charge is 2.26. The number of benzene rings is 2. The fraction of sp³-hybridized carbons (Fsp3) is 0.391. The van der Waals surface area contributed by atoms with Gasteiger partial charge in [-0.15, -0.1) is 0 Å². The van der Waals surface area contributed by atoms with Gasteiger partial charge in [0, 0.05) is 18.7 Å². The fourth-order valence-electron chi connectivity index (χ4n) is 3.10. The minimum absolute atomic E-state index is 0.107. The van der Waals surface area contributed by atoms with Gasteiger partial charge in [0.1, 0.15) is 11.8 Å². The van der Waals surface area contributed by atoms with E-state index in [1.807, 2.05) is 31.2 Å². The maximum atomic E-state index is 12.6. The quantitative estimate of drug-likeness (QED) is 0.235. The number of para-hydroxylation sites is 1. The number of carbonyl (C=O) groups excluding carboxylic acids is 1. The molecule has 1 atom stereocenters. The Morgan fingerprint density at radius 3 is 2.39 bits per heavy atom. The summed E-state index contributed by atoms with van der Waals surface area (Å²) in [7, 11) is -0.973. The zero-order valence-corrected chi connectivity index (χ0v) is 20.7. The SMILES string of the molecule is COC(=O)C(CCCCNC(=S)NCc1ccccc1OC)NS(=O)(=O)c1ccc(C)cc1. The first-order valence-corrected chi connectivity index (χ1v) is 12.5. The van der Waals surface area contributed by atoms with Gasteiger partial charge in [0.05, 0.1) is 19.1 Å². The van der Waals surface area contributed by atoms with Gasteiger partial charge in [-0.05, 0) is 56.6 Å². The molecular formula is C23H31N3O5S2. The molecule has 3 N–H and O–H groups in total. The minimum atomic E-state index is -3.83. The predicted molar refractivity (Wildman–Crippen MR) is 132 cm³/mol. The van der Waals surface area contributed by atoms with Crippen molar-refractivity contribution < 1.29 is 22.7 Å². The van der Waals surface area contributed by atoms with Crippen LogP contribution in [0.2, 0.25) is 0 Å². The molecule has 0 aliphatic heterocycles. The number of esters is 1. The average molecular weight is 494 g/mol. The molecule has 0 fully saturated rings. The van der Waals surface area contributed by atoms with Crippen molar-refractivity contribution in [1.82, 2.24) is 15.4 Å². The summed E-state index contributed by atoms with van der Waals surface area (Å²) in [6, 6.07) is 13.1. The number of thiocarbonyl (C=S) groups is 1. The summed E-state index contributed by atoms with van der Waals surface area (Å²) in [5.41, 5.74) is 1.94. The second kappa shape index (κ2) is 13.1. The summed E-state index contributed by atoms with van der Waals surface area (Å²) in [5, 5.41) is 6.74. The first-order chi connectivity index (χ1) is 15.8. The summed E-state index contributed by atoms with van der Waals surface area (Å²) in [6.07, 6.45) is 1.59. The molecule has 180 valence electrons. The van der Waals surface area contributed by atoms with Crippen molar-refractivity contribution in [2.75, 3.05) is 20.8 Å². The van der Waals surface area contributed by atoms with Crippen molar-refractivity contribution in [3.63, 3.8) is 0 Å². The molecule has 0 radical (unpaired) electrons. The normalized spacial score (nSPS) is 12.0.